The van der Waals surface area contributed by atoms with E-state index >= 15 is 0 Å². The van der Waals surface area contributed by atoms with Gasteiger partial charge in [0.05, 0.1) is 0 Å². The van der Waals surface area contributed by atoms with Crippen LogP contribution in [0.5, 0.6) is 0 Å². The van der Waals surface area contributed by atoms with Gasteiger partial charge < -0.3 is 10.6 Å². The molecular formula is C17H34N2. The molecule has 2 saturated carbocycles. The summed E-state index contributed by atoms with van der Waals surface area (Å²) in [6.45, 7) is 8.29. The minimum absolute atomic E-state index is 0.0827. The number of rotatable bonds is 3. The molecule has 0 spiro atoms. The van der Waals surface area contributed by atoms with E-state index in [2.05, 4.69) is 32.7 Å². The van der Waals surface area contributed by atoms with Crippen molar-refractivity contribution in [2.45, 2.75) is 83.7 Å². The van der Waals surface area contributed by atoms with Crippen LogP contribution in [0.1, 0.15) is 72.1 Å². The standard InChI is InChI=1S/C17H34N2/c1-14-6-5-9-17(18,12-14)13-19(4)15-7-10-16(2,3)11-8-15/h14-15H,5-13,18H2,1-4H3. The van der Waals surface area contributed by atoms with Gasteiger partial charge in [-0.05, 0) is 56.9 Å². The Bertz CT molecular complexity index is 290. The molecule has 0 amide bonds. The molecule has 2 aliphatic rings. The Labute approximate surface area is 120 Å². The molecule has 2 N–H and O–H groups in total. The summed E-state index contributed by atoms with van der Waals surface area (Å²) < 4.78 is 0. The summed E-state index contributed by atoms with van der Waals surface area (Å²) in [5.41, 5.74) is 7.32. The molecule has 19 heavy (non-hydrogen) atoms. The third kappa shape index (κ3) is 4.19. The molecule has 0 bridgehead atoms. The molecule has 0 heterocycles. The average molecular weight is 266 g/mol. The van der Waals surface area contributed by atoms with Crippen molar-refractivity contribution in [3.05, 3.63) is 0 Å². The smallest absolute Gasteiger partial charge is 0.0285 e. The lowest BCUT2D eigenvalue weighted by Crippen LogP contribution is -2.54. The first kappa shape index (κ1) is 15.3. The van der Waals surface area contributed by atoms with E-state index in [0.717, 1.165) is 18.5 Å². The van der Waals surface area contributed by atoms with Crippen molar-refractivity contribution in [2.24, 2.45) is 17.1 Å². The van der Waals surface area contributed by atoms with Gasteiger partial charge in [0.15, 0.2) is 0 Å². The maximum atomic E-state index is 6.67. The lowest BCUT2D eigenvalue weighted by Gasteiger charge is -2.44. The minimum atomic E-state index is 0.0827. The van der Waals surface area contributed by atoms with E-state index in [1.54, 1.807) is 0 Å². The van der Waals surface area contributed by atoms with Gasteiger partial charge in [-0.25, -0.2) is 0 Å². The van der Waals surface area contributed by atoms with Crippen LogP contribution in [0, 0.1) is 11.3 Å². The summed E-state index contributed by atoms with van der Waals surface area (Å²) >= 11 is 0. The topological polar surface area (TPSA) is 29.3 Å². The predicted octanol–water partition coefficient (Wildman–Crippen LogP) is 3.79. The Hall–Kier alpha value is -0.0800. The van der Waals surface area contributed by atoms with Crippen LogP contribution in [0.2, 0.25) is 0 Å². The average Bonchev–Trinajstić information content (AvgIpc) is 2.27. The third-order valence-electron chi connectivity index (χ3n) is 5.62. The summed E-state index contributed by atoms with van der Waals surface area (Å²) in [5.74, 6) is 0.817. The van der Waals surface area contributed by atoms with Crippen molar-refractivity contribution in [3.8, 4) is 0 Å². The lowest BCUT2D eigenvalue weighted by molar-refractivity contribution is 0.0901. The molecule has 0 saturated heterocycles. The van der Waals surface area contributed by atoms with Gasteiger partial charge in [-0.15, -0.1) is 0 Å². The highest BCUT2D eigenvalue weighted by Crippen LogP contribution is 2.38. The van der Waals surface area contributed by atoms with E-state index in [9.17, 15) is 0 Å². The zero-order valence-corrected chi connectivity index (χ0v) is 13.5. The first-order valence-electron chi connectivity index (χ1n) is 8.29. The molecule has 2 nitrogen and oxygen atoms in total. The number of hydrogen-bond acceptors (Lipinski definition) is 2. The fourth-order valence-corrected chi connectivity index (χ4v) is 4.29. The number of nitrogens with zero attached hydrogens (tertiary/aromatic N) is 1. The van der Waals surface area contributed by atoms with Crippen molar-refractivity contribution in [3.63, 3.8) is 0 Å². The van der Waals surface area contributed by atoms with E-state index in [4.69, 9.17) is 5.73 Å². The van der Waals surface area contributed by atoms with Crippen LogP contribution in [-0.4, -0.2) is 30.1 Å². The number of hydrogen-bond donors (Lipinski definition) is 1. The molecule has 2 fully saturated rings. The molecule has 2 atom stereocenters. The molecule has 0 aromatic rings. The zero-order chi connectivity index (χ0) is 14.1. The van der Waals surface area contributed by atoms with E-state index < -0.39 is 0 Å². The molecule has 0 aromatic carbocycles. The van der Waals surface area contributed by atoms with Gasteiger partial charge in [0.1, 0.15) is 0 Å². The fraction of sp³-hybridized carbons (Fsp3) is 1.00. The summed E-state index contributed by atoms with van der Waals surface area (Å²) in [6, 6.07) is 0.769. The number of nitrogens with two attached hydrogens (primary N) is 1. The van der Waals surface area contributed by atoms with Crippen LogP contribution in [0.4, 0.5) is 0 Å². The highest BCUT2D eigenvalue weighted by molar-refractivity contribution is 4.94. The molecule has 2 aliphatic carbocycles. The van der Waals surface area contributed by atoms with Crippen LogP contribution in [0.15, 0.2) is 0 Å². The van der Waals surface area contributed by atoms with Crippen LogP contribution >= 0.6 is 0 Å². The number of likely N-dealkylation sites (N-methyl/N-ethyl adjacent to an activating group) is 1. The SMILES string of the molecule is CC1CCCC(N)(CN(C)C2CCC(C)(C)CC2)C1. The lowest BCUT2D eigenvalue weighted by atomic mass is 9.74. The monoisotopic (exact) mass is 266 g/mol. The predicted molar refractivity (Wildman–Crippen MR) is 83.2 cm³/mol. The Balaban J connectivity index is 1.85. The Morgan fingerprint density at radius 2 is 1.74 bits per heavy atom. The van der Waals surface area contributed by atoms with Crippen LogP contribution in [0.3, 0.4) is 0 Å². The third-order valence-corrected chi connectivity index (χ3v) is 5.62. The van der Waals surface area contributed by atoms with Crippen molar-refractivity contribution < 1.29 is 0 Å². The summed E-state index contributed by atoms with van der Waals surface area (Å²) in [6.07, 6.45) is 10.6. The summed E-state index contributed by atoms with van der Waals surface area (Å²) in [7, 11) is 2.30. The van der Waals surface area contributed by atoms with Gasteiger partial charge in [-0.1, -0.05) is 33.6 Å². The molecule has 0 aliphatic heterocycles. The summed E-state index contributed by atoms with van der Waals surface area (Å²) in [4.78, 5) is 2.58. The molecular weight excluding hydrogens is 232 g/mol. The Morgan fingerprint density at radius 1 is 1.11 bits per heavy atom. The maximum absolute atomic E-state index is 6.67. The molecule has 2 rings (SSSR count). The second-order valence-electron chi connectivity index (χ2n) is 8.37. The first-order valence-corrected chi connectivity index (χ1v) is 8.29. The normalized spacial score (nSPS) is 36.6. The van der Waals surface area contributed by atoms with E-state index in [1.165, 1.54) is 51.4 Å². The van der Waals surface area contributed by atoms with Crippen molar-refractivity contribution in [1.29, 1.82) is 0 Å². The molecule has 0 radical (unpaired) electrons. The molecule has 2 unspecified atom stereocenters. The minimum Gasteiger partial charge on any atom is -0.324 e. The molecule has 112 valence electrons. The molecule has 2 heteroatoms. The highest BCUT2D eigenvalue weighted by Gasteiger charge is 2.35. The largest absolute Gasteiger partial charge is 0.324 e. The van der Waals surface area contributed by atoms with Crippen molar-refractivity contribution in [1.82, 2.24) is 4.90 Å². The van der Waals surface area contributed by atoms with Crippen LogP contribution < -0.4 is 5.73 Å². The van der Waals surface area contributed by atoms with Gasteiger partial charge in [0.25, 0.3) is 0 Å². The van der Waals surface area contributed by atoms with Gasteiger partial charge in [-0.3, -0.25) is 0 Å². The first-order chi connectivity index (χ1) is 8.80. The van der Waals surface area contributed by atoms with Gasteiger partial charge in [0, 0.05) is 18.1 Å². The maximum Gasteiger partial charge on any atom is 0.0285 e. The van der Waals surface area contributed by atoms with Gasteiger partial charge in [0.2, 0.25) is 0 Å². The van der Waals surface area contributed by atoms with Gasteiger partial charge in [-0.2, -0.15) is 0 Å². The van der Waals surface area contributed by atoms with Crippen molar-refractivity contribution >= 4 is 0 Å². The second-order valence-corrected chi connectivity index (χ2v) is 8.37. The second kappa shape index (κ2) is 5.73. The highest BCUT2D eigenvalue weighted by atomic mass is 15.2. The van der Waals surface area contributed by atoms with E-state index in [0.29, 0.717) is 5.41 Å². The zero-order valence-electron chi connectivity index (χ0n) is 13.5. The fourth-order valence-electron chi connectivity index (χ4n) is 4.29. The van der Waals surface area contributed by atoms with E-state index in [1.807, 2.05) is 0 Å². The van der Waals surface area contributed by atoms with Gasteiger partial charge >= 0.3 is 0 Å². The van der Waals surface area contributed by atoms with E-state index in [-0.39, 0.29) is 5.54 Å². The Morgan fingerprint density at radius 3 is 2.32 bits per heavy atom. The van der Waals surface area contributed by atoms with Crippen molar-refractivity contribution in [2.75, 3.05) is 13.6 Å². The summed E-state index contributed by atoms with van der Waals surface area (Å²) in [5, 5.41) is 0. The van der Waals surface area contributed by atoms with Crippen LogP contribution in [0.25, 0.3) is 0 Å². The quantitative estimate of drug-likeness (QED) is 0.842. The molecule has 0 aromatic heterocycles. The Kier molecular flexibility index (Phi) is 4.62. The van der Waals surface area contributed by atoms with Crippen LogP contribution in [-0.2, 0) is 0 Å².